The van der Waals surface area contributed by atoms with Crippen molar-refractivity contribution >= 4 is 5.91 Å². The molecule has 1 amide bonds. The number of nitrogens with zero attached hydrogens (tertiary/aromatic N) is 1. The fourth-order valence-electron chi connectivity index (χ4n) is 4.65. The van der Waals surface area contributed by atoms with E-state index < -0.39 is 12.1 Å². The van der Waals surface area contributed by atoms with E-state index in [2.05, 4.69) is 24.1 Å². The number of methoxy groups -OCH3 is 1. The van der Waals surface area contributed by atoms with Crippen LogP contribution >= 0.6 is 0 Å². The van der Waals surface area contributed by atoms with Crippen molar-refractivity contribution in [2.45, 2.75) is 50.8 Å². The van der Waals surface area contributed by atoms with Crippen LogP contribution in [0.2, 0.25) is 0 Å². The van der Waals surface area contributed by atoms with Crippen LogP contribution in [0.15, 0.2) is 42.5 Å². The normalized spacial score (nSPS) is 18.5. The number of amides is 1. The molecule has 0 aliphatic carbocycles. The summed E-state index contributed by atoms with van der Waals surface area (Å²) in [6.07, 6.45) is 1.47. The highest BCUT2D eigenvalue weighted by Gasteiger charge is 2.36. The fraction of sp³-hybridized carbons (Fsp3) is 0.519. The summed E-state index contributed by atoms with van der Waals surface area (Å²) in [5, 5.41) is 14.4. The number of likely N-dealkylation sites (tertiary alicyclic amines) is 1. The molecule has 2 aliphatic heterocycles. The summed E-state index contributed by atoms with van der Waals surface area (Å²) >= 11 is 0. The van der Waals surface area contributed by atoms with Gasteiger partial charge in [-0.15, -0.1) is 0 Å². The van der Waals surface area contributed by atoms with Gasteiger partial charge in [0.25, 0.3) is 0 Å². The van der Waals surface area contributed by atoms with E-state index in [-0.39, 0.29) is 24.5 Å². The lowest BCUT2D eigenvalue weighted by Gasteiger charge is -2.36. The van der Waals surface area contributed by atoms with Gasteiger partial charge in [0, 0.05) is 12.1 Å². The first-order chi connectivity index (χ1) is 16.9. The molecule has 8 nitrogen and oxygen atoms in total. The Balaban J connectivity index is 1.41. The van der Waals surface area contributed by atoms with Crippen LogP contribution in [0.25, 0.3) is 0 Å². The summed E-state index contributed by atoms with van der Waals surface area (Å²) in [6.45, 7) is 7.12. The van der Waals surface area contributed by atoms with E-state index in [4.69, 9.17) is 18.9 Å². The van der Waals surface area contributed by atoms with Crippen molar-refractivity contribution < 1.29 is 28.8 Å². The number of nitrogens with one attached hydrogen (secondary N) is 1. The van der Waals surface area contributed by atoms with E-state index in [9.17, 15) is 9.90 Å². The molecule has 2 aliphatic rings. The number of carbonyl (C=O) groups is 1. The molecule has 2 aromatic rings. The maximum atomic E-state index is 12.9. The molecular weight excluding hydrogens is 448 g/mol. The number of aliphatic hydroxyl groups excluding tert-OH is 1. The minimum absolute atomic E-state index is 0.0208. The predicted molar refractivity (Wildman–Crippen MR) is 132 cm³/mol. The largest absolute Gasteiger partial charge is 0.497 e. The van der Waals surface area contributed by atoms with Crippen LogP contribution in [-0.2, 0) is 4.79 Å². The summed E-state index contributed by atoms with van der Waals surface area (Å²) in [5.41, 5.74) is 0.707. The van der Waals surface area contributed by atoms with Crippen molar-refractivity contribution in [2.24, 2.45) is 0 Å². The van der Waals surface area contributed by atoms with Crippen LogP contribution in [0.1, 0.15) is 44.8 Å². The summed E-state index contributed by atoms with van der Waals surface area (Å²) in [6, 6.07) is 12.2. The molecular formula is C27H36N2O6. The molecule has 2 heterocycles. The highest BCUT2D eigenvalue weighted by Crippen LogP contribution is 2.34. The summed E-state index contributed by atoms with van der Waals surface area (Å²) < 4.78 is 22.2. The number of aliphatic hydroxyl groups is 1. The van der Waals surface area contributed by atoms with E-state index in [1.54, 1.807) is 25.3 Å². The molecule has 35 heavy (non-hydrogen) atoms. The van der Waals surface area contributed by atoms with Gasteiger partial charge < -0.3 is 29.4 Å². The third-order valence-electron chi connectivity index (χ3n) is 6.78. The van der Waals surface area contributed by atoms with Crippen LogP contribution in [0.3, 0.4) is 0 Å². The van der Waals surface area contributed by atoms with Gasteiger partial charge in [-0.3, -0.25) is 9.69 Å². The van der Waals surface area contributed by atoms with Gasteiger partial charge in [0.05, 0.1) is 26.2 Å². The lowest BCUT2D eigenvalue weighted by atomic mass is 9.98. The Bertz CT molecular complexity index is 994. The zero-order valence-electron chi connectivity index (χ0n) is 20.8. The number of hydrogen-bond donors (Lipinski definition) is 2. The Kier molecular flexibility index (Phi) is 8.03. The molecule has 0 bridgehead atoms. The summed E-state index contributed by atoms with van der Waals surface area (Å²) in [5.74, 6) is 2.54. The van der Waals surface area contributed by atoms with Crippen LogP contribution in [0, 0.1) is 0 Å². The number of benzene rings is 2. The third-order valence-corrected chi connectivity index (χ3v) is 6.78. The van der Waals surface area contributed by atoms with Gasteiger partial charge in [-0.05, 0) is 75.2 Å². The van der Waals surface area contributed by atoms with Crippen LogP contribution in [0.5, 0.6) is 23.0 Å². The molecule has 0 aromatic heterocycles. The number of fused-ring (bicyclic) bond motifs is 1. The second-order valence-corrected chi connectivity index (χ2v) is 9.66. The van der Waals surface area contributed by atoms with E-state index in [1.165, 1.54) is 0 Å². The minimum Gasteiger partial charge on any atom is -0.497 e. The number of ether oxygens (including phenoxy) is 4. The average molecular weight is 485 g/mol. The quantitative estimate of drug-likeness (QED) is 0.535. The van der Waals surface area contributed by atoms with E-state index in [0.717, 1.165) is 25.1 Å². The van der Waals surface area contributed by atoms with E-state index >= 15 is 0 Å². The number of rotatable bonds is 10. The van der Waals surface area contributed by atoms with Crippen molar-refractivity contribution in [3.05, 3.63) is 48.0 Å². The zero-order chi connectivity index (χ0) is 24.8. The molecule has 1 fully saturated rings. The zero-order valence-corrected chi connectivity index (χ0v) is 20.8. The van der Waals surface area contributed by atoms with Crippen LogP contribution < -0.4 is 24.3 Å². The SMILES string of the molecule is COc1ccc(OCCC(=O)N[C@H](CN2CCCC2(C)C)[C@H](O)c2ccc3c(c2)OCCO3)cc1. The second kappa shape index (κ2) is 11.2. The Morgan fingerprint density at radius 2 is 1.83 bits per heavy atom. The van der Waals surface area contributed by atoms with Gasteiger partial charge in [0.1, 0.15) is 30.8 Å². The molecule has 8 heteroatoms. The van der Waals surface area contributed by atoms with Gasteiger partial charge in [0.2, 0.25) is 5.91 Å². The van der Waals surface area contributed by atoms with E-state index in [0.29, 0.717) is 42.6 Å². The molecule has 0 radical (unpaired) electrons. The standard InChI is InChI=1S/C27H36N2O6/c1-27(2)12-4-13-29(27)18-22(26(31)19-5-10-23-24(17-19)35-16-15-34-23)28-25(30)11-14-33-21-8-6-20(32-3)7-9-21/h5-10,17,22,26,31H,4,11-16,18H2,1-3H3,(H,28,30)/t22-,26-/m1/s1. The van der Waals surface area contributed by atoms with Crippen molar-refractivity contribution in [2.75, 3.05) is 40.0 Å². The van der Waals surface area contributed by atoms with Gasteiger partial charge in [0.15, 0.2) is 11.5 Å². The van der Waals surface area contributed by atoms with Crippen molar-refractivity contribution in [3.63, 3.8) is 0 Å². The Morgan fingerprint density at radius 1 is 1.11 bits per heavy atom. The molecule has 2 N–H and O–H groups in total. The second-order valence-electron chi connectivity index (χ2n) is 9.66. The van der Waals surface area contributed by atoms with Gasteiger partial charge in [-0.2, -0.15) is 0 Å². The summed E-state index contributed by atoms with van der Waals surface area (Å²) in [4.78, 5) is 15.2. The highest BCUT2D eigenvalue weighted by molar-refractivity contribution is 5.76. The van der Waals surface area contributed by atoms with Gasteiger partial charge in [-0.1, -0.05) is 6.07 Å². The van der Waals surface area contributed by atoms with Crippen LogP contribution in [0.4, 0.5) is 0 Å². The third kappa shape index (κ3) is 6.38. The predicted octanol–water partition coefficient (Wildman–Crippen LogP) is 3.33. The first-order valence-electron chi connectivity index (χ1n) is 12.2. The monoisotopic (exact) mass is 484 g/mol. The lowest BCUT2D eigenvalue weighted by molar-refractivity contribution is -0.123. The summed E-state index contributed by atoms with van der Waals surface area (Å²) in [7, 11) is 1.61. The smallest absolute Gasteiger partial charge is 0.223 e. The lowest BCUT2D eigenvalue weighted by Crippen LogP contribution is -2.51. The van der Waals surface area contributed by atoms with Crippen molar-refractivity contribution in [1.82, 2.24) is 10.2 Å². The Labute approximate surface area is 207 Å². The Hall–Kier alpha value is -2.97. The molecule has 190 valence electrons. The fourth-order valence-corrected chi connectivity index (χ4v) is 4.65. The van der Waals surface area contributed by atoms with Crippen molar-refractivity contribution in [1.29, 1.82) is 0 Å². The van der Waals surface area contributed by atoms with Gasteiger partial charge in [-0.25, -0.2) is 0 Å². The first-order valence-corrected chi connectivity index (χ1v) is 12.2. The first kappa shape index (κ1) is 25.1. The minimum atomic E-state index is -0.895. The van der Waals surface area contributed by atoms with Crippen LogP contribution in [-0.4, -0.2) is 67.5 Å². The van der Waals surface area contributed by atoms with Gasteiger partial charge >= 0.3 is 0 Å². The molecule has 2 atom stereocenters. The number of carbonyl (C=O) groups excluding carboxylic acids is 1. The van der Waals surface area contributed by atoms with Crippen molar-refractivity contribution in [3.8, 4) is 23.0 Å². The van der Waals surface area contributed by atoms with E-state index in [1.807, 2.05) is 24.3 Å². The molecule has 0 spiro atoms. The molecule has 1 saturated heterocycles. The topological polar surface area (TPSA) is 89.5 Å². The molecule has 4 rings (SSSR count). The molecule has 2 aromatic carbocycles. The average Bonchev–Trinajstić information content (AvgIpc) is 3.20. The molecule has 0 unspecified atom stereocenters. The maximum Gasteiger partial charge on any atom is 0.223 e. The number of hydrogen-bond acceptors (Lipinski definition) is 7. The highest BCUT2D eigenvalue weighted by atomic mass is 16.6. The molecule has 0 saturated carbocycles. The Morgan fingerprint density at radius 3 is 2.51 bits per heavy atom. The maximum absolute atomic E-state index is 12.9.